The van der Waals surface area contributed by atoms with Gasteiger partial charge < -0.3 is 14.6 Å². The van der Waals surface area contributed by atoms with E-state index in [1.54, 1.807) is 5.38 Å². The number of carboxylic acid groups (broad SMARTS) is 1. The molecule has 1 N–H and O–H groups in total. The first-order chi connectivity index (χ1) is 12.6. The molecule has 0 saturated carbocycles. The van der Waals surface area contributed by atoms with Crippen molar-refractivity contribution >= 4 is 17.3 Å². The van der Waals surface area contributed by atoms with E-state index in [4.69, 9.17) is 14.6 Å². The molecule has 0 bridgehead atoms. The Morgan fingerprint density at radius 3 is 2.54 bits per heavy atom. The fourth-order valence-electron chi connectivity index (χ4n) is 2.35. The summed E-state index contributed by atoms with van der Waals surface area (Å²) in [6.45, 7) is 2.92. The fraction of sp³-hybridized carbons (Fsp3) is 0.200. The molecule has 3 rings (SSSR count). The van der Waals surface area contributed by atoms with Gasteiger partial charge in [0.05, 0.1) is 12.1 Å². The van der Waals surface area contributed by atoms with Crippen molar-refractivity contribution in [3.63, 3.8) is 0 Å². The Labute approximate surface area is 155 Å². The monoisotopic (exact) mass is 369 g/mol. The van der Waals surface area contributed by atoms with Gasteiger partial charge in [0.25, 0.3) is 0 Å². The van der Waals surface area contributed by atoms with E-state index in [9.17, 15) is 4.79 Å². The summed E-state index contributed by atoms with van der Waals surface area (Å²) < 4.78 is 11.4. The maximum absolute atomic E-state index is 10.8. The lowest BCUT2D eigenvalue weighted by molar-refractivity contribution is -0.136. The van der Waals surface area contributed by atoms with Gasteiger partial charge in [0.15, 0.2) is 0 Å². The topological polar surface area (TPSA) is 68.7 Å². The summed E-state index contributed by atoms with van der Waals surface area (Å²) in [4.78, 5) is 15.1. The molecule has 6 heteroatoms. The Kier molecular flexibility index (Phi) is 5.86. The molecule has 0 aliphatic carbocycles. The lowest BCUT2D eigenvalue weighted by Gasteiger charge is -2.09. The van der Waals surface area contributed by atoms with Crippen LogP contribution in [0.3, 0.4) is 0 Å². The van der Waals surface area contributed by atoms with E-state index in [1.807, 2.05) is 55.5 Å². The number of ether oxygens (including phenoxy) is 2. The number of aryl methyl sites for hydroxylation is 1. The Balaban J connectivity index is 1.54. The van der Waals surface area contributed by atoms with Crippen LogP contribution in [0.5, 0.6) is 11.5 Å². The largest absolute Gasteiger partial charge is 0.490 e. The summed E-state index contributed by atoms with van der Waals surface area (Å²) in [6.07, 6.45) is -0.0664. The van der Waals surface area contributed by atoms with Crippen molar-refractivity contribution in [2.24, 2.45) is 0 Å². The molecular weight excluding hydrogens is 350 g/mol. The van der Waals surface area contributed by atoms with Crippen LogP contribution >= 0.6 is 11.3 Å². The molecule has 1 heterocycles. The molecule has 0 saturated heterocycles. The molecule has 0 atom stereocenters. The zero-order chi connectivity index (χ0) is 18.4. The Morgan fingerprint density at radius 2 is 1.81 bits per heavy atom. The molecule has 0 radical (unpaired) electrons. The zero-order valence-electron chi connectivity index (χ0n) is 14.3. The summed E-state index contributed by atoms with van der Waals surface area (Å²) in [5, 5.41) is 11.4. The first-order valence-corrected chi connectivity index (χ1v) is 9.07. The molecule has 0 aliphatic heterocycles. The molecule has 2 aromatic carbocycles. The molecule has 0 amide bonds. The molecule has 5 nitrogen and oxygen atoms in total. The van der Waals surface area contributed by atoms with Gasteiger partial charge in [-0.1, -0.05) is 29.8 Å². The quantitative estimate of drug-likeness (QED) is 0.603. The smallest absolute Gasteiger partial charge is 0.309 e. The van der Waals surface area contributed by atoms with E-state index in [0.29, 0.717) is 18.9 Å². The third-order valence-corrected chi connectivity index (χ3v) is 4.55. The van der Waals surface area contributed by atoms with E-state index in [0.717, 1.165) is 22.1 Å². The summed E-state index contributed by atoms with van der Waals surface area (Å²) in [5.74, 6) is 0.666. The highest BCUT2D eigenvalue weighted by atomic mass is 32.1. The van der Waals surface area contributed by atoms with E-state index in [-0.39, 0.29) is 6.42 Å². The number of nitrogens with zero attached hydrogens (tertiary/aromatic N) is 1. The third kappa shape index (κ3) is 5.07. The van der Waals surface area contributed by atoms with Crippen molar-refractivity contribution in [3.8, 4) is 22.1 Å². The number of thiazole rings is 1. The maximum Gasteiger partial charge on any atom is 0.309 e. The van der Waals surface area contributed by atoms with Gasteiger partial charge in [0.2, 0.25) is 0 Å². The number of aliphatic carboxylic acids is 1. The van der Waals surface area contributed by atoms with Crippen molar-refractivity contribution in [1.29, 1.82) is 0 Å². The van der Waals surface area contributed by atoms with Crippen molar-refractivity contribution in [2.75, 3.05) is 13.2 Å². The molecular formula is C20H19NO4S. The average molecular weight is 369 g/mol. The number of carbonyl (C=O) groups is 1. The molecule has 0 aliphatic rings. The number of hydrogen-bond donors (Lipinski definition) is 1. The van der Waals surface area contributed by atoms with Crippen molar-refractivity contribution in [2.45, 2.75) is 13.3 Å². The molecule has 26 heavy (non-hydrogen) atoms. The lowest BCUT2D eigenvalue weighted by atomic mass is 10.2. The second kappa shape index (κ2) is 8.49. The van der Waals surface area contributed by atoms with Crippen molar-refractivity contribution in [3.05, 3.63) is 65.2 Å². The van der Waals surface area contributed by atoms with Gasteiger partial charge >= 0.3 is 5.97 Å². The minimum atomic E-state index is -0.882. The zero-order valence-corrected chi connectivity index (χ0v) is 15.2. The molecule has 1 aromatic heterocycles. The van der Waals surface area contributed by atoms with E-state index in [2.05, 4.69) is 4.98 Å². The molecule has 0 fully saturated rings. The third-order valence-electron chi connectivity index (χ3n) is 3.61. The van der Waals surface area contributed by atoms with E-state index < -0.39 is 5.97 Å². The van der Waals surface area contributed by atoms with Crippen LogP contribution in [0.15, 0.2) is 53.9 Å². The summed E-state index contributed by atoms with van der Waals surface area (Å²) >= 11 is 1.43. The standard InChI is InChI=1S/C20H19NO4S/c1-14-5-7-17(8-6-14)24-9-10-25-18-4-2-3-15(11-18)20-21-16(13-26-20)12-19(22)23/h2-8,11,13H,9-10,12H2,1H3,(H,22,23). The number of rotatable bonds is 8. The molecule has 3 aromatic rings. The second-order valence-electron chi connectivity index (χ2n) is 5.75. The van der Waals surface area contributed by atoms with Crippen LogP contribution in [-0.2, 0) is 11.2 Å². The predicted molar refractivity (Wildman–Crippen MR) is 101 cm³/mol. The highest BCUT2D eigenvalue weighted by molar-refractivity contribution is 7.13. The maximum atomic E-state index is 10.8. The van der Waals surface area contributed by atoms with Gasteiger partial charge in [0.1, 0.15) is 29.7 Å². The van der Waals surface area contributed by atoms with Crippen molar-refractivity contribution < 1.29 is 19.4 Å². The Morgan fingerprint density at radius 1 is 1.08 bits per heavy atom. The van der Waals surface area contributed by atoms with Gasteiger partial charge in [-0.2, -0.15) is 0 Å². The molecule has 0 spiro atoms. The van der Waals surface area contributed by atoms with Crippen LogP contribution < -0.4 is 9.47 Å². The van der Waals surface area contributed by atoms with Gasteiger partial charge in [-0.3, -0.25) is 4.79 Å². The summed E-state index contributed by atoms with van der Waals surface area (Å²) in [7, 11) is 0. The Hall–Kier alpha value is -2.86. The minimum Gasteiger partial charge on any atom is -0.490 e. The van der Waals surface area contributed by atoms with Gasteiger partial charge in [-0.25, -0.2) is 4.98 Å². The molecule has 134 valence electrons. The first-order valence-electron chi connectivity index (χ1n) is 8.19. The van der Waals surface area contributed by atoms with E-state index in [1.165, 1.54) is 16.9 Å². The first kappa shape index (κ1) is 17.9. The fourth-order valence-corrected chi connectivity index (χ4v) is 3.16. The average Bonchev–Trinajstić information content (AvgIpc) is 3.08. The minimum absolute atomic E-state index is 0.0664. The van der Waals surface area contributed by atoms with Gasteiger partial charge in [0, 0.05) is 10.9 Å². The predicted octanol–water partition coefficient (Wildman–Crippen LogP) is 4.20. The van der Waals surface area contributed by atoms with Crippen LogP contribution in [0.2, 0.25) is 0 Å². The second-order valence-corrected chi connectivity index (χ2v) is 6.61. The van der Waals surface area contributed by atoms with Crippen molar-refractivity contribution in [1.82, 2.24) is 4.98 Å². The van der Waals surface area contributed by atoms with Crippen LogP contribution in [0, 0.1) is 6.92 Å². The normalized spacial score (nSPS) is 10.5. The lowest BCUT2D eigenvalue weighted by Crippen LogP contribution is -2.08. The number of benzene rings is 2. The number of hydrogen-bond acceptors (Lipinski definition) is 5. The van der Waals surface area contributed by atoms with Crippen LogP contribution in [0.25, 0.3) is 10.6 Å². The number of aromatic nitrogens is 1. The summed E-state index contributed by atoms with van der Waals surface area (Å²) in [5.41, 5.74) is 2.66. The van der Waals surface area contributed by atoms with Gasteiger partial charge in [-0.15, -0.1) is 11.3 Å². The SMILES string of the molecule is Cc1ccc(OCCOc2cccc(-c3nc(CC(=O)O)cs3)c2)cc1. The Bertz CT molecular complexity index is 874. The van der Waals surface area contributed by atoms with Crippen LogP contribution in [0.1, 0.15) is 11.3 Å². The molecule has 0 unspecified atom stereocenters. The highest BCUT2D eigenvalue weighted by Crippen LogP contribution is 2.27. The summed E-state index contributed by atoms with van der Waals surface area (Å²) in [6, 6.07) is 15.5. The van der Waals surface area contributed by atoms with Crippen LogP contribution in [0.4, 0.5) is 0 Å². The van der Waals surface area contributed by atoms with E-state index >= 15 is 0 Å². The number of carboxylic acids is 1. The van der Waals surface area contributed by atoms with Gasteiger partial charge in [-0.05, 0) is 31.2 Å². The van der Waals surface area contributed by atoms with Crippen LogP contribution in [-0.4, -0.2) is 29.3 Å². The highest BCUT2D eigenvalue weighted by Gasteiger charge is 2.08.